The molecule has 2 bridgehead atoms. The van der Waals surface area contributed by atoms with Gasteiger partial charge in [0.2, 0.25) is 5.95 Å². The zero-order valence-electron chi connectivity index (χ0n) is 21.2. The smallest absolute Gasteiger partial charge is 0.305 e. The summed E-state index contributed by atoms with van der Waals surface area (Å²) >= 11 is 0. The van der Waals surface area contributed by atoms with Crippen molar-refractivity contribution in [3.8, 4) is 0 Å². The SMILES string of the molecule is COC(=O)CCc1c(C)nc(N)nc1N1C[C@@H]2C[C@H](C1)[C@@H]1CCC[C@H](C3CC3)N1C2.O=CO.O=CO. The molecule has 0 aromatic carbocycles. The molecule has 1 aromatic heterocycles. The van der Waals surface area contributed by atoms with E-state index < -0.39 is 0 Å². The highest BCUT2D eigenvalue weighted by molar-refractivity contribution is 5.70. The summed E-state index contributed by atoms with van der Waals surface area (Å²) in [4.78, 5) is 42.9. The third-order valence-corrected chi connectivity index (χ3v) is 7.92. The number of anilines is 2. The normalized spacial score (nSPS) is 26.8. The number of methoxy groups -OCH3 is 1. The standard InChI is InChI=1S/C23H35N5O2.2CH2O2/c1-14-18(8-9-21(29)30-2)22(26-23(24)25-14)27-11-15-10-17(13-27)20-5-3-4-19(16-6-7-16)28(20)12-15;2*2-1-3/h15-17,19-20H,3-13H2,1-2H3,(H2,24,25,26);2*1H,(H,2,3)/t15-,17+,19+,20-;;/m0../s1. The number of carboxylic acid groups (broad SMARTS) is 2. The Morgan fingerprint density at radius 3 is 2.31 bits per heavy atom. The molecule has 1 aliphatic carbocycles. The second kappa shape index (κ2) is 12.8. The van der Waals surface area contributed by atoms with Gasteiger partial charge in [-0.1, -0.05) is 6.42 Å². The number of aromatic nitrogens is 2. The van der Waals surface area contributed by atoms with Crippen LogP contribution in [0.1, 0.15) is 56.2 Å². The van der Waals surface area contributed by atoms with Gasteiger partial charge in [0.1, 0.15) is 5.82 Å². The van der Waals surface area contributed by atoms with Crippen molar-refractivity contribution in [1.82, 2.24) is 14.9 Å². The average Bonchev–Trinajstić information content (AvgIpc) is 3.69. The van der Waals surface area contributed by atoms with Crippen molar-refractivity contribution in [3.63, 3.8) is 0 Å². The summed E-state index contributed by atoms with van der Waals surface area (Å²) in [6.07, 6.45) is 9.30. The van der Waals surface area contributed by atoms with Crippen LogP contribution in [0.25, 0.3) is 0 Å². The van der Waals surface area contributed by atoms with E-state index in [4.69, 9.17) is 30.3 Å². The Hall–Kier alpha value is -2.95. The van der Waals surface area contributed by atoms with Crippen molar-refractivity contribution in [2.75, 3.05) is 37.4 Å². The Labute approximate surface area is 212 Å². The highest BCUT2D eigenvalue weighted by Gasteiger charge is 2.48. The number of nitrogens with two attached hydrogens (primary N) is 1. The van der Waals surface area contributed by atoms with Gasteiger partial charge in [0.25, 0.3) is 12.9 Å². The molecule has 4 aliphatic rings. The van der Waals surface area contributed by atoms with Crippen LogP contribution in [0.15, 0.2) is 0 Å². The zero-order chi connectivity index (χ0) is 26.2. The molecule has 0 radical (unpaired) electrons. The van der Waals surface area contributed by atoms with Crippen molar-refractivity contribution in [2.24, 2.45) is 17.8 Å². The van der Waals surface area contributed by atoms with E-state index in [2.05, 4.69) is 19.8 Å². The Bertz CT molecular complexity index is 905. The quantitative estimate of drug-likeness (QED) is 0.396. The number of carbonyl (C=O) groups excluding carboxylic acids is 1. The monoisotopic (exact) mass is 505 g/mol. The van der Waals surface area contributed by atoms with Gasteiger partial charge >= 0.3 is 5.97 Å². The van der Waals surface area contributed by atoms with Gasteiger partial charge in [-0.15, -0.1) is 0 Å². The molecule has 0 unspecified atom stereocenters. The molecule has 11 nitrogen and oxygen atoms in total. The molecule has 4 N–H and O–H groups in total. The number of nitrogens with zero attached hydrogens (tertiary/aromatic N) is 4. The summed E-state index contributed by atoms with van der Waals surface area (Å²) in [7, 11) is 1.44. The van der Waals surface area contributed by atoms with E-state index in [1.807, 2.05) is 6.92 Å². The molecule has 0 amide bonds. The van der Waals surface area contributed by atoms with Crippen LogP contribution in [-0.2, 0) is 25.5 Å². The van der Waals surface area contributed by atoms with E-state index in [1.54, 1.807) is 0 Å². The largest absolute Gasteiger partial charge is 0.483 e. The van der Waals surface area contributed by atoms with E-state index in [0.717, 1.165) is 48.2 Å². The van der Waals surface area contributed by atoms with Crippen molar-refractivity contribution in [1.29, 1.82) is 0 Å². The van der Waals surface area contributed by atoms with Crippen molar-refractivity contribution in [2.45, 2.75) is 70.4 Å². The van der Waals surface area contributed by atoms with E-state index >= 15 is 0 Å². The lowest BCUT2D eigenvalue weighted by molar-refractivity contribution is -0.140. The van der Waals surface area contributed by atoms with E-state index in [9.17, 15) is 4.79 Å². The molecule has 4 heterocycles. The zero-order valence-corrected chi connectivity index (χ0v) is 21.2. The summed E-state index contributed by atoms with van der Waals surface area (Å²) in [5.74, 6) is 3.43. The fraction of sp³-hybridized carbons (Fsp3) is 0.720. The molecular weight excluding hydrogens is 466 g/mol. The number of aryl methyl sites for hydroxylation is 1. The van der Waals surface area contributed by atoms with Crippen molar-refractivity contribution >= 4 is 30.7 Å². The minimum absolute atomic E-state index is 0.198. The number of esters is 1. The Kier molecular flexibility index (Phi) is 9.86. The average molecular weight is 506 g/mol. The van der Waals surface area contributed by atoms with E-state index in [1.165, 1.54) is 52.2 Å². The Morgan fingerprint density at radius 1 is 1.06 bits per heavy atom. The second-order valence-electron chi connectivity index (χ2n) is 10.1. The second-order valence-corrected chi connectivity index (χ2v) is 10.1. The predicted molar refractivity (Wildman–Crippen MR) is 134 cm³/mol. The lowest BCUT2D eigenvalue weighted by Gasteiger charge is -2.55. The molecule has 1 saturated carbocycles. The number of carbonyl (C=O) groups is 3. The maximum Gasteiger partial charge on any atom is 0.305 e. The summed E-state index contributed by atoms with van der Waals surface area (Å²) in [6.45, 7) is 4.77. The number of hydrogen-bond donors (Lipinski definition) is 3. The molecule has 3 saturated heterocycles. The van der Waals surface area contributed by atoms with Gasteiger partial charge < -0.3 is 25.6 Å². The molecule has 0 spiro atoms. The van der Waals surface area contributed by atoms with Crippen LogP contribution >= 0.6 is 0 Å². The van der Waals surface area contributed by atoms with Crippen molar-refractivity contribution < 1.29 is 29.3 Å². The lowest BCUT2D eigenvalue weighted by Crippen LogP contribution is -2.62. The number of piperidine rings is 3. The van der Waals surface area contributed by atoms with Gasteiger partial charge in [0.15, 0.2) is 0 Å². The third kappa shape index (κ3) is 6.63. The topological polar surface area (TPSA) is 159 Å². The minimum Gasteiger partial charge on any atom is -0.483 e. The van der Waals surface area contributed by atoms with Gasteiger partial charge in [0.05, 0.1) is 7.11 Å². The lowest BCUT2D eigenvalue weighted by atomic mass is 9.74. The van der Waals surface area contributed by atoms with Crippen LogP contribution in [0.3, 0.4) is 0 Å². The first kappa shape index (κ1) is 27.6. The van der Waals surface area contributed by atoms with Gasteiger partial charge in [0, 0.05) is 49.4 Å². The molecule has 1 aromatic rings. The number of ether oxygens (including phenoxy) is 1. The minimum atomic E-state index is -0.250. The van der Waals surface area contributed by atoms with Gasteiger partial charge in [-0.05, 0) is 63.2 Å². The van der Waals surface area contributed by atoms with Gasteiger partial charge in [-0.3, -0.25) is 19.3 Å². The fourth-order valence-corrected chi connectivity index (χ4v) is 6.49. The fourth-order valence-electron chi connectivity index (χ4n) is 6.49. The first-order valence-electron chi connectivity index (χ1n) is 12.7. The molecule has 36 heavy (non-hydrogen) atoms. The molecule has 5 rings (SSSR count). The first-order valence-corrected chi connectivity index (χ1v) is 12.7. The van der Waals surface area contributed by atoms with Crippen LogP contribution in [0.2, 0.25) is 0 Å². The van der Waals surface area contributed by atoms with Crippen molar-refractivity contribution in [3.05, 3.63) is 11.3 Å². The van der Waals surface area contributed by atoms with E-state index in [-0.39, 0.29) is 18.9 Å². The summed E-state index contributed by atoms with van der Waals surface area (Å²) in [5, 5.41) is 13.8. The third-order valence-electron chi connectivity index (χ3n) is 7.92. The summed E-state index contributed by atoms with van der Waals surface area (Å²) in [6, 6.07) is 1.57. The maximum atomic E-state index is 11.8. The van der Waals surface area contributed by atoms with Crippen LogP contribution in [-0.4, -0.2) is 82.8 Å². The number of fused-ring (bicyclic) bond motifs is 4. The highest BCUT2D eigenvalue weighted by atomic mass is 16.5. The molecule has 11 heteroatoms. The molecule has 200 valence electrons. The number of nitrogen functional groups attached to an aromatic ring is 1. The maximum absolute atomic E-state index is 11.8. The molecule has 4 fully saturated rings. The van der Waals surface area contributed by atoms with E-state index in [0.29, 0.717) is 30.6 Å². The molecular formula is C25H39N5O6. The highest BCUT2D eigenvalue weighted by Crippen LogP contribution is 2.47. The molecule has 4 atom stereocenters. The van der Waals surface area contributed by atoms with Gasteiger partial charge in [-0.25, -0.2) is 4.98 Å². The Morgan fingerprint density at radius 2 is 1.69 bits per heavy atom. The van der Waals surface area contributed by atoms with Crippen LogP contribution in [0.5, 0.6) is 0 Å². The van der Waals surface area contributed by atoms with Crippen LogP contribution in [0.4, 0.5) is 11.8 Å². The number of rotatable bonds is 5. The van der Waals surface area contributed by atoms with Crippen LogP contribution in [0, 0.1) is 24.7 Å². The summed E-state index contributed by atoms with van der Waals surface area (Å²) < 4.78 is 4.85. The summed E-state index contributed by atoms with van der Waals surface area (Å²) in [5.41, 5.74) is 7.98. The molecule has 3 aliphatic heterocycles. The van der Waals surface area contributed by atoms with Crippen LogP contribution < -0.4 is 10.6 Å². The van der Waals surface area contributed by atoms with Gasteiger partial charge in [-0.2, -0.15) is 4.98 Å². The predicted octanol–water partition coefficient (Wildman–Crippen LogP) is 1.96. The Balaban J connectivity index is 0.000000550. The number of hydrogen-bond acceptors (Lipinski definition) is 9. The first-order chi connectivity index (χ1) is 17.4.